The van der Waals surface area contributed by atoms with Gasteiger partial charge in [-0.25, -0.2) is 13.4 Å². The molecule has 2 heterocycles. The first-order valence-electron chi connectivity index (χ1n) is 9.42. The van der Waals surface area contributed by atoms with E-state index in [0.29, 0.717) is 18.5 Å². The van der Waals surface area contributed by atoms with Gasteiger partial charge in [-0.3, -0.25) is 4.98 Å². The number of ether oxygens (including phenoxy) is 1. The summed E-state index contributed by atoms with van der Waals surface area (Å²) in [6, 6.07) is 4.45. The van der Waals surface area contributed by atoms with Crippen LogP contribution in [0.2, 0.25) is 5.02 Å². The molecule has 1 aliphatic rings. The number of sulfonamides is 1. The minimum atomic E-state index is -4.00. The van der Waals surface area contributed by atoms with Crippen LogP contribution in [0.3, 0.4) is 0 Å². The van der Waals surface area contributed by atoms with Crippen LogP contribution in [-0.4, -0.2) is 35.6 Å². The van der Waals surface area contributed by atoms with Gasteiger partial charge in [0.2, 0.25) is 21.7 Å². The van der Waals surface area contributed by atoms with E-state index in [0.717, 1.165) is 19.3 Å². The van der Waals surface area contributed by atoms with E-state index in [1.807, 2.05) is 0 Å². The first-order valence-corrected chi connectivity index (χ1v) is 11.3. The molecule has 11 heteroatoms. The van der Waals surface area contributed by atoms with E-state index in [1.54, 1.807) is 12.3 Å². The fourth-order valence-corrected chi connectivity index (χ4v) is 5.48. The van der Waals surface area contributed by atoms with Crippen LogP contribution in [0.4, 0.5) is 0 Å². The summed E-state index contributed by atoms with van der Waals surface area (Å²) >= 11 is 6.04. The Labute approximate surface area is 178 Å². The molecule has 0 radical (unpaired) electrons. The van der Waals surface area contributed by atoms with E-state index in [2.05, 4.69) is 24.8 Å². The molecule has 0 spiro atoms. The van der Waals surface area contributed by atoms with Gasteiger partial charge in [0.05, 0.1) is 13.3 Å². The minimum absolute atomic E-state index is 0.0453. The van der Waals surface area contributed by atoms with E-state index in [-0.39, 0.29) is 27.4 Å². The lowest BCUT2D eigenvalue weighted by Crippen LogP contribution is -2.47. The van der Waals surface area contributed by atoms with Crippen molar-refractivity contribution >= 4 is 21.6 Å². The highest BCUT2D eigenvalue weighted by molar-refractivity contribution is 7.89. The summed E-state index contributed by atoms with van der Waals surface area (Å²) in [4.78, 5) is 12.6. The lowest BCUT2D eigenvalue weighted by molar-refractivity contribution is 0.199. The summed E-state index contributed by atoms with van der Waals surface area (Å²) in [7, 11) is -2.60. The molecule has 1 fully saturated rings. The molecule has 30 heavy (non-hydrogen) atoms. The summed E-state index contributed by atoms with van der Waals surface area (Å²) in [6.45, 7) is 0. The zero-order chi connectivity index (χ0) is 21.2. The third kappa shape index (κ3) is 4.03. The van der Waals surface area contributed by atoms with E-state index < -0.39 is 15.6 Å². The second-order valence-electron chi connectivity index (χ2n) is 7.06. The Morgan fingerprint density at radius 3 is 2.70 bits per heavy atom. The Hall–Kier alpha value is -2.56. The van der Waals surface area contributed by atoms with Crippen LogP contribution < -0.4 is 9.46 Å². The lowest BCUT2D eigenvalue weighted by atomic mass is 9.82. The zero-order valence-corrected chi connectivity index (χ0v) is 17.8. The standard InChI is InChI=1S/C19H20ClN5O4S/c1-28-15-6-5-13(20)11-16(15)30(26,27)25-19(7-3-2-4-8-19)18-23-17(24-29-18)14-12-21-9-10-22-14/h5-6,9-12,25H,2-4,7-8H2,1H3. The van der Waals surface area contributed by atoms with Crippen molar-refractivity contribution in [2.75, 3.05) is 7.11 Å². The van der Waals surface area contributed by atoms with Gasteiger partial charge in [-0.1, -0.05) is 36.0 Å². The van der Waals surface area contributed by atoms with Crippen LogP contribution in [0.25, 0.3) is 11.5 Å². The predicted octanol–water partition coefficient (Wildman–Crippen LogP) is 3.33. The van der Waals surface area contributed by atoms with Crippen molar-refractivity contribution in [3.63, 3.8) is 0 Å². The third-order valence-electron chi connectivity index (χ3n) is 5.08. The lowest BCUT2D eigenvalue weighted by Gasteiger charge is -2.34. The number of aromatic nitrogens is 4. The Balaban J connectivity index is 1.73. The second-order valence-corrected chi connectivity index (χ2v) is 9.14. The van der Waals surface area contributed by atoms with Gasteiger partial charge < -0.3 is 9.26 Å². The largest absolute Gasteiger partial charge is 0.495 e. The number of nitrogens with zero attached hydrogens (tertiary/aromatic N) is 4. The number of hydrogen-bond donors (Lipinski definition) is 1. The molecule has 0 aliphatic heterocycles. The van der Waals surface area contributed by atoms with Crippen LogP contribution in [-0.2, 0) is 15.6 Å². The average molecular weight is 450 g/mol. The zero-order valence-electron chi connectivity index (χ0n) is 16.2. The minimum Gasteiger partial charge on any atom is -0.495 e. The van der Waals surface area contributed by atoms with E-state index in [4.69, 9.17) is 20.9 Å². The van der Waals surface area contributed by atoms with Crippen LogP contribution >= 0.6 is 11.6 Å². The van der Waals surface area contributed by atoms with Crippen molar-refractivity contribution < 1.29 is 17.7 Å². The van der Waals surface area contributed by atoms with Crippen molar-refractivity contribution in [1.82, 2.24) is 24.8 Å². The van der Waals surface area contributed by atoms with Gasteiger partial charge in [0.25, 0.3) is 0 Å². The Morgan fingerprint density at radius 1 is 1.20 bits per heavy atom. The summed E-state index contributed by atoms with van der Waals surface area (Å²) in [6.07, 6.45) is 8.26. The molecule has 9 nitrogen and oxygen atoms in total. The number of rotatable bonds is 6. The topological polar surface area (TPSA) is 120 Å². The quantitative estimate of drug-likeness (QED) is 0.608. The molecular weight excluding hydrogens is 430 g/mol. The number of methoxy groups -OCH3 is 1. The van der Waals surface area contributed by atoms with Crippen molar-refractivity contribution in [1.29, 1.82) is 0 Å². The third-order valence-corrected chi connectivity index (χ3v) is 6.87. The molecule has 0 bridgehead atoms. The number of nitrogens with one attached hydrogen (secondary N) is 1. The highest BCUT2D eigenvalue weighted by Gasteiger charge is 2.43. The highest BCUT2D eigenvalue weighted by atomic mass is 35.5. The maximum atomic E-state index is 13.3. The Morgan fingerprint density at radius 2 is 2.00 bits per heavy atom. The van der Waals surface area contributed by atoms with Crippen LogP contribution in [0.5, 0.6) is 5.75 Å². The molecule has 4 rings (SSSR count). The maximum absolute atomic E-state index is 13.3. The second kappa shape index (κ2) is 8.29. The van der Waals surface area contributed by atoms with Gasteiger partial charge in [0.15, 0.2) is 0 Å². The van der Waals surface area contributed by atoms with Gasteiger partial charge in [-0.2, -0.15) is 9.71 Å². The molecule has 0 saturated heterocycles. The monoisotopic (exact) mass is 449 g/mol. The molecule has 3 aromatic rings. The van der Waals surface area contributed by atoms with Gasteiger partial charge >= 0.3 is 0 Å². The number of hydrogen-bond acceptors (Lipinski definition) is 8. The van der Waals surface area contributed by atoms with Gasteiger partial charge in [0.1, 0.15) is 21.9 Å². The van der Waals surface area contributed by atoms with Crippen molar-refractivity contribution in [3.8, 4) is 17.3 Å². The Bertz CT molecular complexity index is 1130. The molecule has 2 aromatic heterocycles. The van der Waals surface area contributed by atoms with Crippen LogP contribution in [0.15, 0.2) is 46.2 Å². The van der Waals surface area contributed by atoms with E-state index in [1.165, 1.54) is 31.6 Å². The van der Waals surface area contributed by atoms with Crippen molar-refractivity contribution in [2.24, 2.45) is 0 Å². The molecule has 0 unspecified atom stereocenters. The van der Waals surface area contributed by atoms with Gasteiger partial charge in [0, 0.05) is 17.4 Å². The fraction of sp³-hybridized carbons (Fsp3) is 0.368. The Kier molecular flexibility index (Phi) is 5.72. The first-order chi connectivity index (χ1) is 14.4. The molecule has 1 aliphatic carbocycles. The highest BCUT2D eigenvalue weighted by Crippen LogP contribution is 2.39. The first kappa shape index (κ1) is 20.7. The van der Waals surface area contributed by atoms with E-state index in [9.17, 15) is 8.42 Å². The molecule has 1 saturated carbocycles. The predicted molar refractivity (Wildman–Crippen MR) is 108 cm³/mol. The molecule has 1 aromatic carbocycles. The van der Waals surface area contributed by atoms with Gasteiger partial charge in [-0.15, -0.1) is 0 Å². The molecule has 0 amide bonds. The van der Waals surface area contributed by atoms with Crippen LogP contribution in [0.1, 0.15) is 38.0 Å². The molecule has 1 N–H and O–H groups in total. The average Bonchev–Trinajstić information content (AvgIpc) is 3.26. The number of halogens is 1. The van der Waals surface area contributed by atoms with Crippen molar-refractivity contribution in [2.45, 2.75) is 42.5 Å². The summed E-state index contributed by atoms with van der Waals surface area (Å²) in [5, 5.41) is 4.28. The SMILES string of the molecule is COc1ccc(Cl)cc1S(=O)(=O)NC1(c2nc(-c3cnccn3)no2)CCCCC1. The smallest absolute Gasteiger partial charge is 0.248 e. The maximum Gasteiger partial charge on any atom is 0.248 e. The van der Waals surface area contributed by atoms with Crippen molar-refractivity contribution in [3.05, 3.63) is 47.7 Å². The molecule has 0 atom stereocenters. The normalized spacial score (nSPS) is 16.3. The van der Waals surface area contributed by atoms with Crippen LogP contribution in [0, 0.1) is 0 Å². The summed E-state index contributed by atoms with van der Waals surface area (Å²) < 4.78 is 40.2. The summed E-state index contributed by atoms with van der Waals surface area (Å²) in [5.74, 6) is 0.652. The van der Waals surface area contributed by atoms with E-state index >= 15 is 0 Å². The fourth-order valence-electron chi connectivity index (χ4n) is 3.62. The number of benzene rings is 1. The molecule has 158 valence electrons. The summed E-state index contributed by atoms with van der Waals surface area (Å²) in [5.41, 5.74) is -0.587. The van der Waals surface area contributed by atoms with Gasteiger partial charge in [-0.05, 0) is 31.0 Å². The molecular formula is C19H20ClN5O4S.